The van der Waals surface area contributed by atoms with E-state index >= 15 is 8.78 Å². The van der Waals surface area contributed by atoms with E-state index < -0.39 is 17.0 Å². The molecular formula is C57H73BrF2. The summed E-state index contributed by atoms with van der Waals surface area (Å²) >= 11 is 3.46. The van der Waals surface area contributed by atoms with Gasteiger partial charge >= 0.3 is 0 Å². The van der Waals surface area contributed by atoms with Crippen molar-refractivity contribution in [1.82, 2.24) is 0 Å². The van der Waals surface area contributed by atoms with E-state index in [-0.39, 0.29) is 38.1 Å². The highest BCUT2D eigenvalue weighted by molar-refractivity contribution is 9.09. The van der Waals surface area contributed by atoms with Gasteiger partial charge in [0, 0.05) is 17.3 Å². The molecule has 0 saturated heterocycles. The van der Waals surface area contributed by atoms with Crippen LogP contribution in [0.5, 0.6) is 0 Å². The van der Waals surface area contributed by atoms with Crippen molar-refractivity contribution in [3.05, 3.63) is 140 Å². The quantitative estimate of drug-likeness (QED) is 0.0784. The van der Waals surface area contributed by atoms with Crippen molar-refractivity contribution >= 4 is 15.9 Å². The topological polar surface area (TPSA) is 0 Å². The summed E-state index contributed by atoms with van der Waals surface area (Å²) < 4.78 is 32.9. The van der Waals surface area contributed by atoms with Crippen LogP contribution in [0.4, 0.5) is 8.78 Å². The molecule has 0 heterocycles. The second-order valence-electron chi connectivity index (χ2n) is 23.2. The van der Waals surface area contributed by atoms with Crippen LogP contribution in [0.2, 0.25) is 0 Å². The van der Waals surface area contributed by atoms with Crippen LogP contribution in [-0.2, 0) is 37.9 Å². The molecule has 0 aliphatic carbocycles. The molecule has 0 radical (unpaired) electrons. The largest absolute Gasteiger partial charge is 0.205 e. The minimum absolute atomic E-state index is 0.202. The minimum Gasteiger partial charge on any atom is -0.205 e. The van der Waals surface area contributed by atoms with Crippen molar-refractivity contribution in [2.24, 2.45) is 0 Å². The predicted octanol–water partition coefficient (Wildman–Crippen LogP) is 16.1. The molecule has 0 fully saturated rings. The Morgan fingerprint density at radius 2 is 0.683 bits per heavy atom. The Balaban J connectivity index is 2.39. The van der Waals surface area contributed by atoms with E-state index in [1.807, 2.05) is 0 Å². The Morgan fingerprint density at radius 1 is 0.400 bits per heavy atom. The summed E-state index contributed by atoms with van der Waals surface area (Å²) in [5.74, 6) is 11.7. The Morgan fingerprint density at radius 3 is 0.950 bits per heavy atom. The first-order chi connectivity index (χ1) is 27.3. The molecule has 322 valence electrons. The molecule has 0 aliphatic heterocycles. The zero-order chi connectivity index (χ0) is 45.4. The van der Waals surface area contributed by atoms with Gasteiger partial charge in [-0.05, 0) is 108 Å². The average Bonchev–Trinajstić information content (AvgIpc) is 3.10. The average molecular weight is 876 g/mol. The number of unbranched alkanes of at least 4 members (excludes halogenated alkanes) is 2. The van der Waals surface area contributed by atoms with E-state index in [2.05, 4.69) is 219 Å². The number of benzene rings is 4. The summed E-state index contributed by atoms with van der Waals surface area (Å²) in [4.78, 5) is 0. The maximum Gasteiger partial charge on any atom is 0.143 e. The molecule has 0 spiro atoms. The van der Waals surface area contributed by atoms with Crippen molar-refractivity contribution in [2.45, 2.75) is 182 Å². The van der Waals surface area contributed by atoms with Gasteiger partial charge in [-0.25, -0.2) is 8.78 Å². The molecule has 0 nitrogen and oxygen atoms in total. The molecule has 3 heteroatoms. The fraction of sp³-hybridized carbons (Fsp3) is 0.509. The second-order valence-corrected chi connectivity index (χ2v) is 24.0. The van der Waals surface area contributed by atoms with Gasteiger partial charge in [0.25, 0.3) is 0 Å². The third kappa shape index (κ3) is 11.6. The van der Waals surface area contributed by atoms with Crippen LogP contribution in [0, 0.1) is 35.3 Å². The highest BCUT2D eigenvalue weighted by Gasteiger charge is 2.40. The van der Waals surface area contributed by atoms with Crippen LogP contribution in [-0.4, -0.2) is 5.33 Å². The van der Waals surface area contributed by atoms with Gasteiger partial charge in [-0.3, -0.25) is 0 Å². The van der Waals surface area contributed by atoms with Crippen molar-refractivity contribution < 1.29 is 8.78 Å². The molecule has 4 aromatic rings. The predicted molar refractivity (Wildman–Crippen MR) is 259 cm³/mol. The van der Waals surface area contributed by atoms with E-state index in [4.69, 9.17) is 0 Å². The molecule has 0 unspecified atom stereocenters. The fourth-order valence-corrected chi connectivity index (χ4v) is 7.64. The van der Waals surface area contributed by atoms with Gasteiger partial charge in [0.1, 0.15) is 17.0 Å². The first-order valence-electron chi connectivity index (χ1n) is 21.8. The summed E-state index contributed by atoms with van der Waals surface area (Å²) in [6.45, 7) is 40.5. The molecule has 60 heavy (non-hydrogen) atoms. The molecule has 0 aliphatic rings. The fourth-order valence-electron chi connectivity index (χ4n) is 7.24. The SMILES string of the molecule is CC(C)(C)c1cc(C(C)(C)C)cc(C(C#Cc2c(F)cc(C#CCCCCBr)cc2F)(c2cc(C(C)(C)C)cc(C(C)(C)C)c2)c2cc(C(C)(C)C)cc(C(C)(C)C)c2)c1. The first kappa shape index (κ1) is 49.0. The molecule has 4 rings (SSSR count). The molecule has 0 N–H and O–H groups in total. The maximum atomic E-state index is 16.4. The van der Waals surface area contributed by atoms with Gasteiger partial charge < -0.3 is 0 Å². The third-order valence-corrected chi connectivity index (χ3v) is 12.2. The minimum atomic E-state index is -1.17. The summed E-state index contributed by atoms with van der Waals surface area (Å²) in [6, 6.07) is 23.5. The van der Waals surface area contributed by atoms with Gasteiger partial charge in [-0.1, -0.05) is 219 Å². The van der Waals surface area contributed by atoms with Crippen LogP contribution < -0.4 is 0 Å². The Hall–Kier alpha value is -3.66. The number of halogens is 3. The molecule has 0 atom stereocenters. The lowest BCUT2D eigenvalue weighted by Crippen LogP contribution is -2.32. The van der Waals surface area contributed by atoms with Crippen LogP contribution in [0.1, 0.15) is 205 Å². The maximum absolute atomic E-state index is 16.4. The van der Waals surface area contributed by atoms with Crippen molar-refractivity contribution in [3.8, 4) is 23.7 Å². The van der Waals surface area contributed by atoms with Gasteiger partial charge in [0.05, 0.1) is 5.56 Å². The van der Waals surface area contributed by atoms with E-state index in [1.54, 1.807) is 0 Å². The molecule has 0 amide bonds. The number of hydrogen-bond acceptors (Lipinski definition) is 0. The lowest BCUT2D eigenvalue weighted by molar-refractivity contribution is 0.558. The van der Waals surface area contributed by atoms with Gasteiger partial charge in [0.2, 0.25) is 0 Å². The van der Waals surface area contributed by atoms with Crippen LogP contribution in [0.15, 0.2) is 66.7 Å². The Kier molecular flexibility index (Phi) is 14.4. The molecule has 0 saturated carbocycles. The van der Waals surface area contributed by atoms with E-state index in [9.17, 15) is 0 Å². The third-order valence-electron chi connectivity index (χ3n) is 11.6. The lowest BCUT2D eigenvalue weighted by atomic mass is 9.64. The van der Waals surface area contributed by atoms with Gasteiger partial charge in [0.15, 0.2) is 0 Å². The van der Waals surface area contributed by atoms with Crippen molar-refractivity contribution in [2.75, 3.05) is 5.33 Å². The second kappa shape index (κ2) is 17.6. The number of hydrogen-bond donors (Lipinski definition) is 0. The molecular weight excluding hydrogens is 803 g/mol. The zero-order valence-electron chi connectivity index (χ0n) is 40.3. The molecule has 0 bridgehead atoms. The molecule has 0 aromatic heterocycles. The number of alkyl halides is 1. The van der Waals surface area contributed by atoms with E-state index in [0.29, 0.717) is 12.0 Å². The van der Waals surface area contributed by atoms with Crippen LogP contribution >= 0.6 is 15.9 Å². The summed E-state index contributed by atoms with van der Waals surface area (Å²) in [5.41, 5.74) is 7.70. The highest BCUT2D eigenvalue weighted by Crippen LogP contribution is 2.47. The zero-order valence-corrected chi connectivity index (χ0v) is 41.9. The van der Waals surface area contributed by atoms with Crippen molar-refractivity contribution in [3.63, 3.8) is 0 Å². The first-order valence-corrected chi connectivity index (χ1v) is 23.0. The van der Waals surface area contributed by atoms with Gasteiger partial charge in [-0.15, -0.1) is 0 Å². The van der Waals surface area contributed by atoms with E-state index in [1.165, 1.54) is 45.5 Å². The summed E-state index contributed by atoms with van der Waals surface area (Å²) in [7, 11) is 0. The lowest BCUT2D eigenvalue weighted by Gasteiger charge is -2.38. The highest BCUT2D eigenvalue weighted by atomic mass is 79.9. The monoisotopic (exact) mass is 874 g/mol. The Bertz CT molecular complexity index is 2010. The van der Waals surface area contributed by atoms with Crippen LogP contribution in [0.25, 0.3) is 0 Å². The smallest absolute Gasteiger partial charge is 0.143 e. The van der Waals surface area contributed by atoms with Crippen LogP contribution in [0.3, 0.4) is 0 Å². The molecule has 4 aromatic carbocycles. The van der Waals surface area contributed by atoms with Gasteiger partial charge in [-0.2, -0.15) is 0 Å². The summed E-state index contributed by atoms with van der Waals surface area (Å²) in [5, 5.41) is 0.904. The Labute approximate surface area is 373 Å². The standard InChI is InChI=1S/C57H73BrF2/c1-51(2,3)39-29-40(52(4,5)6)33-45(32-39)57(46-34-41(53(7,8)9)30-42(35-46)54(10,11)12,47-36-43(55(13,14)15)31-44(37-47)56(16,17)18)25-24-48-49(59)27-38(28-50(48)60)23-21-19-20-22-26-58/h27-37H,19-20,22,26H2,1-18H3. The van der Waals surface area contributed by atoms with Crippen molar-refractivity contribution in [1.29, 1.82) is 0 Å². The normalized spacial score (nSPS) is 13.1. The number of rotatable bonds is 6. The summed E-state index contributed by atoms with van der Waals surface area (Å²) in [6.07, 6.45) is 2.58. The van der Waals surface area contributed by atoms with E-state index in [0.717, 1.165) is 34.9 Å².